The molecule has 1 heterocycles. The molecule has 176 valence electrons. The summed E-state index contributed by atoms with van der Waals surface area (Å²) in [6, 6.07) is 28.4. The van der Waals surface area contributed by atoms with Gasteiger partial charge >= 0.3 is 0 Å². The first-order valence-corrected chi connectivity index (χ1v) is 11.9. The lowest BCUT2D eigenvalue weighted by Crippen LogP contribution is -2.57. The molecule has 2 amide bonds. The van der Waals surface area contributed by atoms with Gasteiger partial charge in [0.05, 0.1) is 6.04 Å². The zero-order valence-corrected chi connectivity index (χ0v) is 20.0. The van der Waals surface area contributed by atoms with Crippen LogP contribution < -0.4 is 5.32 Å². The molecule has 3 aromatic rings. The molecule has 5 heteroatoms. The van der Waals surface area contributed by atoms with Crippen molar-refractivity contribution in [2.45, 2.75) is 38.4 Å². The topological polar surface area (TPSA) is 52.7 Å². The third-order valence-electron chi connectivity index (χ3n) is 6.50. The molecule has 34 heavy (non-hydrogen) atoms. The molecular weight excluding hydrogens is 422 g/mol. The molecule has 2 atom stereocenters. The first-order chi connectivity index (χ1) is 16.5. The lowest BCUT2D eigenvalue weighted by Gasteiger charge is -2.40. The Morgan fingerprint density at radius 1 is 0.912 bits per heavy atom. The van der Waals surface area contributed by atoms with Crippen molar-refractivity contribution in [1.82, 2.24) is 15.1 Å². The Morgan fingerprint density at radius 2 is 1.56 bits per heavy atom. The van der Waals surface area contributed by atoms with Gasteiger partial charge in [0.2, 0.25) is 11.8 Å². The van der Waals surface area contributed by atoms with Crippen molar-refractivity contribution in [3.63, 3.8) is 0 Å². The highest BCUT2D eigenvalue weighted by atomic mass is 16.2. The molecule has 1 N–H and O–H groups in total. The van der Waals surface area contributed by atoms with Crippen LogP contribution in [0.4, 0.5) is 0 Å². The monoisotopic (exact) mass is 455 g/mol. The second-order valence-electron chi connectivity index (χ2n) is 9.15. The van der Waals surface area contributed by atoms with Gasteiger partial charge in [0.25, 0.3) is 0 Å². The van der Waals surface area contributed by atoms with Gasteiger partial charge in [-0.25, -0.2) is 0 Å². The number of piperazine rings is 1. The predicted octanol–water partition coefficient (Wildman–Crippen LogP) is 4.13. The molecule has 1 fully saturated rings. The van der Waals surface area contributed by atoms with E-state index in [2.05, 4.69) is 58.7 Å². The molecule has 0 aliphatic carbocycles. The molecule has 3 aromatic carbocycles. The summed E-state index contributed by atoms with van der Waals surface area (Å²) < 4.78 is 0. The number of carbonyl (C=O) groups excluding carboxylic acids is 2. The van der Waals surface area contributed by atoms with Crippen LogP contribution in [0.2, 0.25) is 0 Å². The molecule has 0 spiro atoms. The predicted molar refractivity (Wildman–Crippen MR) is 136 cm³/mol. The fourth-order valence-electron chi connectivity index (χ4n) is 4.73. The van der Waals surface area contributed by atoms with E-state index >= 15 is 0 Å². The maximum Gasteiger partial charge on any atom is 0.240 e. The molecular formula is C29H33N3O2. The third kappa shape index (κ3) is 6.12. The standard InChI is InChI=1S/C29H33N3O2/c1-22(33)30-27(19-24-12-9-15-26(18-24)25-13-7-4-8-14-25)20-28-29(34)32(17-16-31(28)2)21-23-10-5-3-6-11-23/h3-15,18,27-28H,16-17,19-21H2,1-2H3,(H,30,33)/t27-,28-/m0/s1. The van der Waals surface area contributed by atoms with Crippen molar-refractivity contribution in [3.8, 4) is 11.1 Å². The van der Waals surface area contributed by atoms with Crippen LogP contribution in [-0.4, -0.2) is 53.8 Å². The summed E-state index contributed by atoms with van der Waals surface area (Å²) in [6.45, 7) is 3.69. The first kappa shape index (κ1) is 23.7. The molecule has 0 aromatic heterocycles. The molecule has 0 bridgehead atoms. The first-order valence-electron chi connectivity index (χ1n) is 11.9. The quantitative estimate of drug-likeness (QED) is 0.556. The highest BCUT2D eigenvalue weighted by Crippen LogP contribution is 2.23. The third-order valence-corrected chi connectivity index (χ3v) is 6.50. The number of hydrogen-bond acceptors (Lipinski definition) is 3. The van der Waals surface area contributed by atoms with Gasteiger partial charge in [-0.2, -0.15) is 0 Å². The van der Waals surface area contributed by atoms with Crippen LogP contribution in [0.15, 0.2) is 84.9 Å². The van der Waals surface area contributed by atoms with Crippen LogP contribution in [0.3, 0.4) is 0 Å². The Balaban J connectivity index is 1.49. The number of carbonyl (C=O) groups is 2. The van der Waals surface area contributed by atoms with Crippen molar-refractivity contribution in [2.75, 3.05) is 20.1 Å². The molecule has 0 saturated carbocycles. The van der Waals surface area contributed by atoms with Gasteiger partial charge in [0, 0.05) is 32.6 Å². The fourth-order valence-corrected chi connectivity index (χ4v) is 4.73. The van der Waals surface area contributed by atoms with E-state index in [1.54, 1.807) is 6.92 Å². The summed E-state index contributed by atoms with van der Waals surface area (Å²) in [7, 11) is 2.00. The van der Waals surface area contributed by atoms with Crippen molar-refractivity contribution in [2.24, 2.45) is 0 Å². The number of rotatable bonds is 8. The number of hydrogen-bond donors (Lipinski definition) is 1. The number of likely N-dealkylation sites (N-methyl/N-ethyl adjacent to an activating group) is 1. The van der Waals surface area contributed by atoms with E-state index in [1.807, 2.05) is 48.3 Å². The average Bonchev–Trinajstić information content (AvgIpc) is 2.84. The SMILES string of the molecule is CC(=O)N[C@@H](Cc1cccc(-c2ccccc2)c1)C[C@H]1C(=O)N(Cc2ccccc2)CCN1C. The molecule has 5 nitrogen and oxygen atoms in total. The van der Waals surface area contributed by atoms with E-state index in [4.69, 9.17) is 0 Å². The second-order valence-corrected chi connectivity index (χ2v) is 9.15. The minimum atomic E-state index is -0.258. The van der Waals surface area contributed by atoms with Crippen LogP contribution in [0, 0.1) is 0 Å². The van der Waals surface area contributed by atoms with Crippen molar-refractivity contribution in [1.29, 1.82) is 0 Å². The summed E-state index contributed by atoms with van der Waals surface area (Å²) in [5.41, 5.74) is 4.60. The summed E-state index contributed by atoms with van der Waals surface area (Å²) in [5.74, 6) is 0.0576. The van der Waals surface area contributed by atoms with Gasteiger partial charge in [0.1, 0.15) is 0 Å². The minimum Gasteiger partial charge on any atom is -0.353 e. The van der Waals surface area contributed by atoms with Crippen LogP contribution in [0.1, 0.15) is 24.5 Å². The number of amides is 2. The average molecular weight is 456 g/mol. The summed E-state index contributed by atoms with van der Waals surface area (Å²) >= 11 is 0. The second kappa shape index (κ2) is 11.1. The van der Waals surface area contributed by atoms with Crippen LogP contribution in [0.25, 0.3) is 11.1 Å². The normalized spacial score (nSPS) is 17.4. The molecule has 0 radical (unpaired) electrons. The van der Waals surface area contributed by atoms with Gasteiger partial charge in [-0.1, -0.05) is 84.9 Å². The highest BCUT2D eigenvalue weighted by molar-refractivity contribution is 5.83. The lowest BCUT2D eigenvalue weighted by molar-refractivity contribution is -0.142. The smallest absolute Gasteiger partial charge is 0.240 e. The van der Waals surface area contributed by atoms with Gasteiger partial charge in [-0.05, 0) is 42.1 Å². The Hall–Kier alpha value is -3.44. The number of nitrogens with zero attached hydrogens (tertiary/aromatic N) is 2. The van der Waals surface area contributed by atoms with Crippen LogP contribution in [-0.2, 0) is 22.6 Å². The molecule has 1 aliphatic heterocycles. The molecule has 1 saturated heterocycles. The van der Waals surface area contributed by atoms with Gasteiger partial charge in [-0.3, -0.25) is 14.5 Å². The van der Waals surface area contributed by atoms with Crippen molar-refractivity contribution >= 4 is 11.8 Å². The van der Waals surface area contributed by atoms with Crippen molar-refractivity contribution < 1.29 is 9.59 Å². The van der Waals surface area contributed by atoms with E-state index in [0.29, 0.717) is 25.9 Å². The molecule has 1 aliphatic rings. The van der Waals surface area contributed by atoms with E-state index < -0.39 is 0 Å². The lowest BCUT2D eigenvalue weighted by atomic mass is 9.94. The maximum atomic E-state index is 13.4. The zero-order valence-electron chi connectivity index (χ0n) is 20.0. The summed E-state index contributed by atoms with van der Waals surface area (Å²) in [5, 5.41) is 3.10. The molecule has 4 rings (SSSR count). The van der Waals surface area contributed by atoms with Gasteiger partial charge < -0.3 is 10.2 Å². The van der Waals surface area contributed by atoms with Crippen LogP contribution >= 0.6 is 0 Å². The zero-order chi connectivity index (χ0) is 23.9. The largest absolute Gasteiger partial charge is 0.353 e. The number of nitrogens with one attached hydrogen (secondary N) is 1. The van der Waals surface area contributed by atoms with Gasteiger partial charge in [-0.15, -0.1) is 0 Å². The summed E-state index contributed by atoms with van der Waals surface area (Å²) in [6.07, 6.45) is 1.26. The Labute approximate surface area is 202 Å². The Kier molecular flexibility index (Phi) is 7.76. The fraction of sp³-hybridized carbons (Fsp3) is 0.310. The van der Waals surface area contributed by atoms with E-state index in [1.165, 1.54) is 5.56 Å². The number of benzene rings is 3. The maximum absolute atomic E-state index is 13.4. The molecule has 0 unspecified atom stereocenters. The summed E-state index contributed by atoms with van der Waals surface area (Å²) in [4.78, 5) is 29.5. The van der Waals surface area contributed by atoms with E-state index in [9.17, 15) is 9.59 Å². The van der Waals surface area contributed by atoms with Gasteiger partial charge in [0.15, 0.2) is 0 Å². The van der Waals surface area contributed by atoms with Crippen LogP contribution in [0.5, 0.6) is 0 Å². The highest BCUT2D eigenvalue weighted by Gasteiger charge is 2.34. The van der Waals surface area contributed by atoms with E-state index in [0.717, 1.165) is 23.2 Å². The Bertz CT molecular complexity index is 1100. The Morgan fingerprint density at radius 3 is 2.26 bits per heavy atom. The minimum absolute atomic E-state index is 0.0729. The van der Waals surface area contributed by atoms with E-state index in [-0.39, 0.29) is 23.9 Å². The van der Waals surface area contributed by atoms with Crippen molar-refractivity contribution in [3.05, 3.63) is 96.1 Å².